The minimum Gasteiger partial charge on any atom is -0.490 e. The van der Waals surface area contributed by atoms with Crippen molar-refractivity contribution in [3.05, 3.63) is 40.9 Å². The Morgan fingerprint density at radius 1 is 1.31 bits per heavy atom. The van der Waals surface area contributed by atoms with E-state index in [1.165, 1.54) is 5.38 Å². The molecule has 2 atom stereocenters. The highest BCUT2D eigenvalue weighted by Gasteiger charge is 2.47. The zero-order chi connectivity index (χ0) is 26.5. The number of amidine groups is 1. The number of aromatic nitrogens is 1. The third kappa shape index (κ3) is 6.97. The van der Waals surface area contributed by atoms with E-state index in [0.29, 0.717) is 11.3 Å². The average molecular weight is 541 g/mol. The van der Waals surface area contributed by atoms with Gasteiger partial charge in [0.1, 0.15) is 23.9 Å². The Kier molecular flexibility index (Phi) is 8.57. The van der Waals surface area contributed by atoms with Crippen molar-refractivity contribution in [3.63, 3.8) is 0 Å². The largest absolute Gasteiger partial charge is 0.490 e. The van der Waals surface area contributed by atoms with Gasteiger partial charge in [-0.15, -0.1) is 11.3 Å². The van der Waals surface area contributed by atoms with Gasteiger partial charge in [-0.2, -0.15) is 8.42 Å². The lowest BCUT2D eigenvalue weighted by molar-refractivity contribution is -0.232. The zero-order valence-electron chi connectivity index (χ0n) is 19.0. The molecule has 36 heavy (non-hydrogen) atoms. The Labute approximate surface area is 210 Å². The van der Waals surface area contributed by atoms with Crippen LogP contribution in [-0.4, -0.2) is 71.4 Å². The Morgan fingerprint density at radius 2 is 2.00 bits per heavy atom. The lowest BCUT2D eigenvalue weighted by Gasteiger charge is -2.43. The van der Waals surface area contributed by atoms with E-state index in [9.17, 15) is 18.0 Å². The fourth-order valence-corrected chi connectivity index (χ4v) is 3.98. The van der Waals surface area contributed by atoms with Crippen molar-refractivity contribution in [2.45, 2.75) is 19.4 Å². The minimum absolute atomic E-state index is 0.0130. The molecular weight excluding hydrogens is 516 g/mol. The molecule has 0 aliphatic carbocycles. The van der Waals surface area contributed by atoms with Crippen LogP contribution in [-0.2, 0) is 29.4 Å². The number of thiazole rings is 1. The van der Waals surface area contributed by atoms with Crippen molar-refractivity contribution in [2.75, 3.05) is 24.9 Å². The quantitative estimate of drug-likeness (QED) is 0.0679. The van der Waals surface area contributed by atoms with Crippen LogP contribution >= 0.6 is 11.3 Å². The second-order valence-electron chi connectivity index (χ2n) is 7.60. The van der Waals surface area contributed by atoms with Gasteiger partial charge >= 0.3 is 0 Å². The van der Waals surface area contributed by atoms with E-state index in [-0.39, 0.29) is 42.0 Å². The van der Waals surface area contributed by atoms with Crippen LogP contribution in [0.4, 0.5) is 5.13 Å². The second-order valence-corrected chi connectivity index (χ2v) is 9.89. The predicted octanol–water partition coefficient (Wildman–Crippen LogP) is 0.392. The van der Waals surface area contributed by atoms with E-state index in [1.54, 1.807) is 31.2 Å². The summed E-state index contributed by atoms with van der Waals surface area (Å²) in [6.45, 7) is 1.65. The molecule has 0 saturated carbocycles. The molecule has 0 unspecified atom stereocenters. The van der Waals surface area contributed by atoms with Crippen LogP contribution < -0.4 is 16.2 Å². The molecule has 1 aromatic carbocycles. The molecule has 6 N–H and O–H groups in total. The maximum atomic E-state index is 12.9. The predicted molar refractivity (Wildman–Crippen MR) is 129 cm³/mol. The SMILES string of the molecule is C[C@H]1[C@H](CC(=O)/C(=N\OCCOc2ccc(C(=N)N)cc2)c2csc(N)n2)C(=O)N1OCS(=O)(=O)O. The third-order valence-electron chi connectivity index (χ3n) is 5.03. The summed E-state index contributed by atoms with van der Waals surface area (Å²) in [5.41, 5.74) is 11.7. The number of ketones is 1. The molecule has 1 saturated heterocycles. The molecule has 0 bridgehead atoms. The number of Topliss-reactive ketones (excluding diaryl/α,β-unsaturated/α-hetero) is 1. The van der Waals surface area contributed by atoms with Crippen LogP contribution in [0.5, 0.6) is 5.75 Å². The van der Waals surface area contributed by atoms with Crippen molar-refractivity contribution >= 4 is 49.8 Å². The number of carbonyl (C=O) groups is 2. The number of nitrogens with one attached hydrogen (secondary N) is 1. The Morgan fingerprint density at radius 3 is 2.56 bits per heavy atom. The van der Waals surface area contributed by atoms with E-state index in [0.717, 1.165) is 16.4 Å². The van der Waals surface area contributed by atoms with Crippen LogP contribution in [0.3, 0.4) is 0 Å². The van der Waals surface area contributed by atoms with E-state index >= 15 is 0 Å². The number of nitrogens with zero attached hydrogens (tertiary/aromatic N) is 3. The molecule has 0 radical (unpaired) electrons. The maximum Gasteiger partial charge on any atom is 0.292 e. The number of hydrogen-bond acceptors (Lipinski definition) is 12. The van der Waals surface area contributed by atoms with Gasteiger partial charge in [0.2, 0.25) is 5.94 Å². The number of hydrogen-bond donors (Lipinski definition) is 4. The van der Waals surface area contributed by atoms with Crippen molar-refractivity contribution in [2.24, 2.45) is 16.8 Å². The van der Waals surface area contributed by atoms with Crippen molar-refractivity contribution in [3.8, 4) is 5.75 Å². The summed E-state index contributed by atoms with van der Waals surface area (Å²) in [5, 5.41) is 13.8. The normalized spacial score (nSPS) is 18.0. The summed E-state index contributed by atoms with van der Waals surface area (Å²) < 4.78 is 36.0. The fourth-order valence-electron chi connectivity index (χ4n) is 3.19. The molecule has 1 amide bonds. The highest BCUT2D eigenvalue weighted by atomic mass is 32.2. The van der Waals surface area contributed by atoms with Gasteiger partial charge in [-0.1, -0.05) is 5.16 Å². The van der Waals surface area contributed by atoms with E-state index in [4.69, 9.17) is 35.8 Å². The molecule has 2 heterocycles. The summed E-state index contributed by atoms with van der Waals surface area (Å²) in [6, 6.07) is 5.95. The maximum absolute atomic E-state index is 12.9. The molecule has 1 aliphatic rings. The summed E-state index contributed by atoms with van der Waals surface area (Å²) in [6.07, 6.45) is -0.260. The van der Waals surface area contributed by atoms with E-state index in [1.807, 2.05) is 0 Å². The highest BCUT2D eigenvalue weighted by molar-refractivity contribution is 7.85. The first-order chi connectivity index (χ1) is 17.0. The summed E-state index contributed by atoms with van der Waals surface area (Å²) >= 11 is 1.10. The standard InChI is InChI=1S/C20H24N6O8S2/c1-11-14(19(28)26(11)34-10-36(29,30)31)8-16(27)17(15-9-35-20(23)24-15)25-33-7-6-32-13-4-2-12(3-5-13)18(21)22/h2-5,9,11,14H,6-8,10H2,1H3,(H3,21,22)(H2,23,24)(H,29,30,31)/b25-17-/t11-,14-/m0/s1. The number of nitrogen functional groups attached to an aromatic ring is 2. The van der Waals surface area contributed by atoms with Gasteiger partial charge in [0.15, 0.2) is 23.2 Å². The number of hydroxylamine groups is 2. The van der Waals surface area contributed by atoms with E-state index < -0.39 is 39.7 Å². The molecular formula is C20H24N6O8S2. The van der Waals surface area contributed by atoms with Crippen LogP contribution in [0.15, 0.2) is 34.8 Å². The van der Waals surface area contributed by atoms with E-state index in [2.05, 4.69) is 10.1 Å². The Balaban J connectivity index is 1.58. The fraction of sp³-hybridized carbons (Fsp3) is 0.350. The summed E-state index contributed by atoms with van der Waals surface area (Å²) in [7, 11) is -4.43. The first-order valence-electron chi connectivity index (χ1n) is 10.4. The molecule has 1 aromatic heterocycles. The van der Waals surface area contributed by atoms with Crippen LogP contribution in [0.1, 0.15) is 24.6 Å². The number of oxime groups is 1. The Hall–Kier alpha value is -3.60. The number of β-lactam (4-membered cyclic amide) rings is 1. The number of amides is 1. The van der Waals surface area contributed by atoms with Gasteiger partial charge in [-0.05, 0) is 31.2 Å². The summed E-state index contributed by atoms with van der Waals surface area (Å²) in [4.78, 5) is 39.4. The molecule has 0 spiro atoms. The molecule has 194 valence electrons. The lowest BCUT2D eigenvalue weighted by Crippen LogP contribution is -2.60. The van der Waals surface area contributed by atoms with Crippen molar-refractivity contribution in [1.29, 1.82) is 5.41 Å². The monoisotopic (exact) mass is 540 g/mol. The van der Waals surface area contributed by atoms with Crippen molar-refractivity contribution in [1.82, 2.24) is 10.0 Å². The van der Waals surface area contributed by atoms with Gasteiger partial charge in [-0.25, -0.2) is 10.0 Å². The summed E-state index contributed by atoms with van der Waals surface area (Å²) in [5.74, 6) is -2.56. The first-order valence-corrected chi connectivity index (χ1v) is 12.9. The second kappa shape index (κ2) is 11.4. The van der Waals surface area contributed by atoms with Gasteiger partial charge in [0, 0.05) is 17.4 Å². The Bertz CT molecular complexity index is 1260. The molecule has 1 fully saturated rings. The third-order valence-corrected chi connectivity index (χ3v) is 6.10. The van der Waals surface area contributed by atoms with Crippen molar-refractivity contribution < 1.29 is 37.0 Å². The minimum atomic E-state index is -4.43. The van der Waals surface area contributed by atoms with Crippen LogP contribution in [0, 0.1) is 11.3 Å². The van der Waals surface area contributed by atoms with Crippen LogP contribution in [0.25, 0.3) is 0 Å². The van der Waals surface area contributed by atoms with Gasteiger partial charge in [0.05, 0.1) is 12.0 Å². The first kappa shape index (κ1) is 27.0. The molecule has 16 heteroatoms. The van der Waals surface area contributed by atoms with Gasteiger partial charge in [-0.3, -0.25) is 24.4 Å². The number of anilines is 1. The van der Waals surface area contributed by atoms with Gasteiger partial charge in [0.25, 0.3) is 16.0 Å². The molecule has 3 rings (SSSR count). The smallest absolute Gasteiger partial charge is 0.292 e. The zero-order valence-corrected chi connectivity index (χ0v) is 20.6. The molecule has 1 aliphatic heterocycles. The van der Waals surface area contributed by atoms with Crippen LogP contribution in [0.2, 0.25) is 0 Å². The number of benzene rings is 1. The average Bonchev–Trinajstić information content (AvgIpc) is 3.25. The number of ether oxygens (including phenoxy) is 1. The molecule has 14 nitrogen and oxygen atoms in total. The lowest BCUT2D eigenvalue weighted by atomic mass is 9.85. The molecule has 2 aromatic rings. The number of carbonyl (C=O) groups excluding carboxylic acids is 2. The highest BCUT2D eigenvalue weighted by Crippen LogP contribution is 2.30. The van der Waals surface area contributed by atoms with Gasteiger partial charge < -0.3 is 21.0 Å². The topological polar surface area (TPSA) is 221 Å². The number of rotatable bonds is 13. The number of nitrogens with two attached hydrogens (primary N) is 2.